The lowest BCUT2D eigenvalue weighted by molar-refractivity contribution is -0.149. The smallest absolute Gasteiger partial charge is 0.223 e. The zero-order chi connectivity index (χ0) is 16.0. The molecule has 2 heterocycles. The second kappa shape index (κ2) is 5.25. The minimum atomic E-state index is -0.844. The third-order valence-corrected chi connectivity index (χ3v) is 4.74. The van der Waals surface area contributed by atoms with Gasteiger partial charge in [-0.3, -0.25) is 0 Å². The monoisotopic (exact) mass is 312 g/mol. The summed E-state index contributed by atoms with van der Waals surface area (Å²) in [4.78, 5) is 0. The Labute approximate surface area is 135 Å². The summed E-state index contributed by atoms with van der Waals surface area (Å²) in [5.74, 6) is 0.678. The molecule has 120 valence electrons. The van der Waals surface area contributed by atoms with Gasteiger partial charge in [0.25, 0.3) is 0 Å². The number of ether oxygens (including phenoxy) is 4. The van der Waals surface area contributed by atoms with Gasteiger partial charge in [0.15, 0.2) is 11.5 Å². The molecule has 0 spiro atoms. The van der Waals surface area contributed by atoms with Crippen LogP contribution in [-0.2, 0) is 21.7 Å². The molecular formula is C19H20O4. The number of fused-ring (bicyclic) bond motifs is 4. The SMILES string of the molecule is COc1ccc2c(c1OC)C[C@H]1CO[C@]2(c2ccccc2C)O1. The molecule has 4 nitrogen and oxygen atoms in total. The second-order valence-corrected chi connectivity index (χ2v) is 6.01. The topological polar surface area (TPSA) is 36.9 Å². The number of benzene rings is 2. The van der Waals surface area contributed by atoms with E-state index >= 15 is 0 Å². The molecule has 0 N–H and O–H groups in total. The molecule has 2 bridgehead atoms. The first-order valence-corrected chi connectivity index (χ1v) is 7.82. The summed E-state index contributed by atoms with van der Waals surface area (Å²) in [6.07, 6.45) is 0.798. The van der Waals surface area contributed by atoms with Crippen molar-refractivity contribution in [3.05, 3.63) is 58.7 Å². The van der Waals surface area contributed by atoms with E-state index in [0.29, 0.717) is 6.61 Å². The maximum atomic E-state index is 6.33. The van der Waals surface area contributed by atoms with Gasteiger partial charge in [-0.2, -0.15) is 0 Å². The third-order valence-electron chi connectivity index (χ3n) is 4.74. The molecule has 0 aromatic heterocycles. The molecular weight excluding hydrogens is 292 g/mol. The Morgan fingerprint density at radius 3 is 2.61 bits per heavy atom. The quantitative estimate of drug-likeness (QED) is 0.872. The van der Waals surface area contributed by atoms with Crippen LogP contribution in [0.1, 0.15) is 22.3 Å². The number of rotatable bonds is 3. The van der Waals surface area contributed by atoms with Crippen molar-refractivity contribution in [2.24, 2.45) is 0 Å². The molecule has 0 aliphatic carbocycles. The summed E-state index contributed by atoms with van der Waals surface area (Å²) >= 11 is 0. The molecule has 2 aliphatic heterocycles. The Kier molecular flexibility index (Phi) is 3.32. The van der Waals surface area contributed by atoms with Gasteiger partial charge >= 0.3 is 0 Å². The molecule has 23 heavy (non-hydrogen) atoms. The van der Waals surface area contributed by atoms with Crippen molar-refractivity contribution in [1.82, 2.24) is 0 Å². The van der Waals surface area contributed by atoms with Crippen LogP contribution in [0.2, 0.25) is 0 Å². The van der Waals surface area contributed by atoms with E-state index in [-0.39, 0.29) is 6.10 Å². The number of aryl methyl sites for hydroxylation is 1. The lowest BCUT2D eigenvalue weighted by Gasteiger charge is -2.36. The molecule has 0 amide bonds. The molecule has 2 aromatic carbocycles. The summed E-state index contributed by atoms with van der Waals surface area (Å²) in [6.45, 7) is 2.66. The highest BCUT2D eigenvalue weighted by Crippen LogP contribution is 2.51. The maximum Gasteiger partial charge on any atom is 0.223 e. The van der Waals surface area contributed by atoms with Crippen LogP contribution in [-0.4, -0.2) is 26.9 Å². The van der Waals surface area contributed by atoms with Crippen LogP contribution >= 0.6 is 0 Å². The maximum absolute atomic E-state index is 6.33. The first-order chi connectivity index (χ1) is 11.2. The number of hydrogen-bond donors (Lipinski definition) is 0. The van der Waals surface area contributed by atoms with Gasteiger partial charge in [0.05, 0.1) is 26.9 Å². The first-order valence-electron chi connectivity index (χ1n) is 7.82. The van der Waals surface area contributed by atoms with Crippen molar-refractivity contribution in [3.63, 3.8) is 0 Å². The van der Waals surface area contributed by atoms with Gasteiger partial charge in [0.1, 0.15) is 0 Å². The molecule has 4 heteroatoms. The van der Waals surface area contributed by atoms with Crippen LogP contribution < -0.4 is 9.47 Å². The van der Waals surface area contributed by atoms with Crippen molar-refractivity contribution in [1.29, 1.82) is 0 Å². The van der Waals surface area contributed by atoms with Crippen molar-refractivity contribution in [3.8, 4) is 11.5 Å². The third kappa shape index (κ3) is 1.98. The lowest BCUT2D eigenvalue weighted by Crippen LogP contribution is -2.36. The highest BCUT2D eigenvalue weighted by atomic mass is 16.7. The van der Waals surface area contributed by atoms with Gasteiger partial charge in [0.2, 0.25) is 5.79 Å². The minimum absolute atomic E-state index is 0.0307. The van der Waals surface area contributed by atoms with Crippen molar-refractivity contribution < 1.29 is 18.9 Å². The minimum Gasteiger partial charge on any atom is -0.493 e. The molecule has 1 saturated heterocycles. The Balaban J connectivity index is 1.97. The van der Waals surface area contributed by atoms with Gasteiger partial charge in [-0.25, -0.2) is 0 Å². The lowest BCUT2D eigenvalue weighted by atomic mass is 9.86. The summed E-state index contributed by atoms with van der Waals surface area (Å²) in [6, 6.07) is 12.2. The summed E-state index contributed by atoms with van der Waals surface area (Å²) in [5, 5.41) is 0. The van der Waals surface area contributed by atoms with Crippen LogP contribution in [0.4, 0.5) is 0 Å². The zero-order valence-corrected chi connectivity index (χ0v) is 13.6. The van der Waals surface area contributed by atoms with E-state index in [1.54, 1.807) is 14.2 Å². The van der Waals surface area contributed by atoms with Crippen LogP contribution in [0.25, 0.3) is 0 Å². The van der Waals surface area contributed by atoms with E-state index in [9.17, 15) is 0 Å². The van der Waals surface area contributed by atoms with E-state index in [4.69, 9.17) is 18.9 Å². The second-order valence-electron chi connectivity index (χ2n) is 6.01. The fraction of sp³-hybridized carbons (Fsp3) is 0.368. The first kappa shape index (κ1) is 14.5. The molecule has 2 aliphatic rings. The average Bonchev–Trinajstić information content (AvgIpc) is 2.93. The summed E-state index contributed by atoms with van der Waals surface area (Å²) < 4.78 is 23.6. The van der Waals surface area contributed by atoms with Crippen LogP contribution in [0.15, 0.2) is 36.4 Å². The van der Waals surface area contributed by atoms with E-state index in [0.717, 1.165) is 40.2 Å². The van der Waals surface area contributed by atoms with Gasteiger partial charge in [0, 0.05) is 23.1 Å². The van der Waals surface area contributed by atoms with Gasteiger partial charge in [-0.05, 0) is 24.6 Å². The van der Waals surface area contributed by atoms with Crippen molar-refractivity contribution in [2.75, 3.05) is 20.8 Å². The Bertz CT molecular complexity index is 755. The predicted octanol–water partition coefficient (Wildman–Crippen LogP) is 3.18. The van der Waals surface area contributed by atoms with Crippen LogP contribution in [0.5, 0.6) is 11.5 Å². The normalized spacial score (nSPS) is 25.1. The molecule has 4 rings (SSSR count). The van der Waals surface area contributed by atoms with E-state index in [2.05, 4.69) is 19.1 Å². The molecule has 0 radical (unpaired) electrons. The van der Waals surface area contributed by atoms with Crippen LogP contribution in [0, 0.1) is 6.92 Å². The fourth-order valence-electron chi connectivity index (χ4n) is 3.71. The Morgan fingerprint density at radius 2 is 1.87 bits per heavy atom. The number of hydrogen-bond acceptors (Lipinski definition) is 4. The molecule has 2 atom stereocenters. The van der Waals surface area contributed by atoms with E-state index in [1.165, 1.54) is 0 Å². The summed E-state index contributed by atoms with van der Waals surface area (Å²) in [5.41, 5.74) is 4.33. The highest BCUT2D eigenvalue weighted by molar-refractivity contribution is 5.56. The molecule has 0 saturated carbocycles. The van der Waals surface area contributed by atoms with E-state index in [1.807, 2.05) is 24.3 Å². The zero-order valence-electron chi connectivity index (χ0n) is 13.6. The largest absolute Gasteiger partial charge is 0.493 e. The average molecular weight is 312 g/mol. The predicted molar refractivity (Wildman–Crippen MR) is 86.0 cm³/mol. The van der Waals surface area contributed by atoms with Gasteiger partial charge < -0.3 is 18.9 Å². The Morgan fingerprint density at radius 1 is 1.04 bits per heavy atom. The van der Waals surface area contributed by atoms with Crippen molar-refractivity contribution >= 4 is 0 Å². The Hall–Kier alpha value is -2.04. The van der Waals surface area contributed by atoms with Gasteiger partial charge in [-0.1, -0.05) is 24.3 Å². The number of methoxy groups -OCH3 is 2. The van der Waals surface area contributed by atoms with Gasteiger partial charge in [-0.15, -0.1) is 0 Å². The standard InChI is InChI=1S/C19H20O4/c1-12-6-4-5-7-15(12)19-16-8-9-17(20-2)18(21-3)14(16)10-13(23-19)11-22-19/h4-9,13H,10-11H2,1-3H3/t13-,19+/m0/s1. The van der Waals surface area contributed by atoms with Crippen molar-refractivity contribution in [2.45, 2.75) is 25.2 Å². The highest BCUT2D eigenvalue weighted by Gasteiger charge is 2.51. The fourth-order valence-corrected chi connectivity index (χ4v) is 3.71. The molecule has 1 fully saturated rings. The van der Waals surface area contributed by atoms with E-state index < -0.39 is 5.79 Å². The summed E-state index contributed by atoms with van der Waals surface area (Å²) in [7, 11) is 3.34. The molecule has 0 unspecified atom stereocenters. The van der Waals surface area contributed by atoms with Crippen LogP contribution in [0.3, 0.4) is 0 Å². The molecule has 2 aromatic rings.